The lowest BCUT2D eigenvalue weighted by Gasteiger charge is -2.38. The number of ether oxygens (including phenoxy) is 1. The van der Waals surface area contributed by atoms with Gasteiger partial charge in [-0.25, -0.2) is 0 Å². The first-order chi connectivity index (χ1) is 12.7. The van der Waals surface area contributed by atoms with Gasteiger partial charge in [-0.2, -0.15) is 0 Å². The third-order valence-corrected chi connectivity index (χ3v) is 5.93. The van der Waals surface area contributed by atoms with E-state index in [1.807, 2.05) is 6.07 Å². The van der Waals surface area contributed by atoms with Crippen molar-refractivity contribution in [2.75, 3.05) is 19.7 Å². The van der Waals surface area contributed by atoms with Crippen LogP contribution in [-0.2, 0) is 11.2 Å². The van der Waals surface area contributed by atoms with Crippen molar-refractivity contribution in [3.63, 3.8) is 0 Å². The van der Waals surface area contributed by atoms with Gasteiger partial charge >= 0.3 is 0 Å². The number of carbonyl (C=O) groups excluding carboxylic acids is 1. The lowest BCUT2D eigenvalue weighted by atomic mass is 9.74. The van der Waals surface area contributed by atoms with Gasteiger partial charge in [0.05, 0.1) is 18.8 Å². The molecule has 6 heteroatoms. The number of rotatable bonds is 7. The van der Waals surface area contributed by atoms with Gasteiger partial charge in [0.25, 0.3) is 0 Å². The molecule has 0 aromatic heterocycles. The van der Waals surface area contributed by atoms with E-state index in [0.29, 0.717) is 18.3 Å². The second-order valence-corrected chi connectivity index (χ2v) is 7.92. The van der Waals surface area contributed by atoms with E-state index >= 15 is 0 Å². The summed E-state index contributed by atoms with van der Waals surface area (Å²) in [6.07, 6.45) is 4.78. The Labute approximate surface area is 154 Å². The molecule has 4 N–H and O–H groups in total. The molecule has 1 saturated heterocycles. The molecule has 1 saturated carbocycles. The van der Waals surface area contributed by atoms with Crippen molar-refractivity contribution in [1.82, 2.24) is 16.2 Å². The second kappa shape index (κ2) is 7.94. The van der Waals surface area contributed by atoms with Crippen LogP contribution in [0.4, 0.5) is 0 Å². The smallest absolute Gasteiger partial charge is 0.220 e. The predicted molar refractivity (Wildman–Crippen MR) is 98.6 cm³/mol. The molecule has 1 amide bonds. The molecule has 0 bridgehead atoms. The highest BCUT2D eigenvalue weighted by atomic mass is 16.5. The predicted octanol–water partition coefficient (Wildman–Crippen LogP) is 1.44. The zero-order valence-electron chi connectivity index (χ0n) is 15.2. The number of hydrogen-bond acceptors (Lipinski definition) is 5. The molecule has 1 atom stereocenters. The average molecular weight is 359 g/mol. The molecular weight excluding hydrogens is 330 g/mol. The fourth-order valence-electron chi connectivity index (χ4n) is 4.28. The van der Waals surface area contributed by atoms with Crippen molar-refractivity contribution < 1.29 is 14.6 Å². The molecule has 2 heterocycles. The van der Waals surface area contributed by atoms with E-state index in [1.165, 1.54) is 5.56 Å². The molecule has 1 aliphatic carbocycles. The van der Waals surface area contributed by atoms with Crippen molar-refractivity contribution in [2.24, 2.45) is 11.8 Å². The van der Waals surface area contributed by atoms with Crippen LogP contribution < -0.4 is 20.9 Å². The van der Waals surface area contributed by atoms with Gasteiger partial charge in [-0.15, -0.1) is 0 Å². The molecule has 1 unspecified atom stereocenters. The molecule has 26 heavy (non-hydrogen) atoms. The Hall–Kier alpha value is -1.63. The van der Waals surface area contributed by atoms with E-state index in [-0.39, 0.29) is 18.1 Å². The highest BCUT2D eigenvalue weighted by Crippen LogP contribution is 2.39. The lowest BCUT2D eigenvalue weighted by molar-refractivity contribution is -0.123. The number of benzene rings is 1. The molecule has 0 spiro atoms. The average Bonchev–Trinajstić information content (AvgIpc) is 3.28. The molecule has 142 valence electrons. The Bertz CT molecular complexity index is 639. The third-order valence-electron chi connectivity index (χ3n) is 5.93. The van der Waals surface area contributed by atoms with Gasteiger partial charge in [-0.1, -0.05) is 6.07 Å². The minimum atomic E-state index is -0.223. The summed E-state index contributed by atoms with van der Waals surface area (Å²) in [6, 6.07) is 6.25. The maximum atomic E-state index is 12.5. The van der Waals surface area contributed by atoms with Crippen molar-refractivity contribution >= 4 is 5.91 Å². The molecule has 1 aromatic carbocycles. The summed E-state index contributed by atoms with van der Waals surface area (Å²) in [5.74, 6) is 2.02. The first kappa shape index (κ1) is 17.8. The van der Waals surface area contributed by atoms with Gasteiger partial charge in [0.2, 0.25) is 5.91 Å². The first-order valence-electron chi connectivity index (χ1n) is 9.88. The van der Waals surface area contributed by atoms with Crippen LogP contribution >= 0.6 is 0 Å². The number of amides is 1. The molecule has 1 aromatic rings. The summed E-state index contributed by atoms with van der Waals surface area (Å²) in [7, 11) is 0. The van der Waals surface area contributed by atoms with Crippen LogP contribution in [0.2, 0.25) is 0 Å². The Morgan fingerprint density at radius 2 is 2.12 bits per heavy atom. The van der Waals surface area contributed by atoms with Crippen molar-refractivity contribution in [1.29, 1.82) is 0 Å². The van der Waals surface area contributed by atoms with Crippen LogP contribution in [-0.4, -0.2) is 36.8 Å². The zero-order valence-corrected chi connectivity index (χ0v) is 15.2. The van der Waals surface area contributed by atoms with Crippen molar-refractivity contribution in [3.05, 3.63) is 29.3 Å². The Kier molecular flexibility index (Phi) is 5.43. The standard InChI is InChI=1S/C20H29N3O3/c24-17-9-16(10-17)20(15-4-5-18-14(8-15)6-7-26-18)23-19(25)3-1-2-13-11-21-22-12-13/h4-5,8,13,16-17,20-22,24H,1-3,6-7,9-12H2,(H,23,25). The zero-order chi connectivity index (χ0) is 17.9. The molecule has 4 rings (SSSR count). The second-order valence-electron chi connectivity index (χ2n) is 7.92. The summed E-state index contributed by atoms with van der Waals surface area (Å²) < 4.78 is 5.60. The Morgan fingerprint density at radius 1 is 1.31 bits per heavy atom. The molecule has 6 nitrogen and oxygen atoms in total. The van der Waals surface area contributed by atoms with Crippen molar-refractivity contribution in [2.45, 2.75) is 50.7 Å². The maximum Gasteiger partial charge on any atom is 0.220 e. The number of fused-ring (bicyclic) bond motifs is 1. The van der Waals surface area contributed by atoms with E-state index in [9.17, 15) is 9.90 Å². The highest BCUT2D eigenvalue weighted by Gasteiger charge is 2.36. The summed E-state index contributed by atoms with van der Waals surface area (Å²) in [5, 5.41) is 13.0. The molecular formula is C20H29N3O3. The number of aliphatic hydroxyl groups is 1. The number of hydrogen-bond donors (Lipinski definition) is 4. The van der Waals surface area contributed by atoms with Gasteiger partial charge < -0.3 is 15.2 Å². The SMILES string of the molecule is O=C(CCCC1CNNC1)NC(c1ccc2c(c1)CCO2)C1CC(O)C1. The van der Waals surface area contributed by atoms with E-state index in [4.69, 9.17) is 4.74 Å². The number of aliphatic hydroxyl groups excluding tert-OH is 1. The van der Waals surface area contributed by atoms with Gasteiger partial charge in [-0.05, 0) is 60.8 Å². The van der Waals surface area contributed by atoms with E-state index in [2.05, 4.69) is 28.3 Å². The van der Waals surface area contributed by atoms with E-state index < -0.39 is 0 Å². The summed E-state index contributed by atoms with van der Waals surface area (Å²) in [6.45, 7) is 2.71. The van der Waals surface area contributed by atoms with Gasteiger partial charge in [0, 0.05) is 25.9 Å². The van der Waals surface area contributed by atoms with Gasteiger partial charge in [-0.3, -0.25) is 15.6 Å². The highest BCUT2D eigenvalue weighted by molar-refractivity contribution is 5.76. The van der Waals surface area contributed by atoms with Crippen LogP contribution in [0.3, 0.4) is 0 Å². The summed E-state index contributed by atoms with van der Waals surface area (Å²) in [5.41, 5.74) is 8.64. The summed E-state index contributed by atoms with van der Waals surface area (Å²) >= 11 is 0. The fourth-order valence-corrected chi connectivity index (χ4v) is 4.28. The number of nitrogens with one attached hydrogen (secondary N) is 3. The molecule has 0 radical (unpaired) electrons. The quantitative estimate of drug-likeness (QED) is 0.592. The van der Waals surface area contributed by atoms with Crippen LogP contribution in [0.25, 0.3) is 0 Å². The minimum absolute atomic E-state index is 0.00776. The topological polar surface area (TPSA) is 82.6 Å². The normalized spacial score (nSPS) is 26.0. The summed E-state index contributed by atoms with van der Waals surface area (Å²) in [4.78, 5) is 12.5. The van der Waals surface area contributed by atoms with Crippen LogP contribution in [0, 0.1) is 11.8 Å². The molecule has 2 fully saturated rings. The third kappa shape index (κ3) is 4.03. The Morgan fingerprint density at radius 3 is 2.88 bits per heavy atom. The van der Waals surface area contributed by atoms with Crippen molar-refractivity contribution in [3.8, 4) is 5.75 Å². The van der Waals surface area contributed by atoms with Crippen LogP contribution in [0.15, 0.2) is 18.2 Å². The van der Waals surface area contributed by atoms with Crippen LogP contribution in [0.1, 0.15) is 49.3 Å². The monoisotopic (exact) mass is 359 g/mol. The van der Waals surface area contributed by atoms with E-state index in [0.717, 1.165) is 63.1 Å². The fraction of sp³-hybridized carbons (Fsp3) is 0.650. The first-order valence-corrected chi connectivity index (χ1v) is 9.88. The number of carbonyl (C=O) groups is 1. The maximum absolute atomic E-state index is 12.5. The minimum Gasteiger partial charge on any atom is -0.493 e. The van der Waals surface area contributed by atoms with Crippen LogP contribution in [0.5, 0.6) is 5.75 Å². The largest absolute Gasteiger partial charge is 0.493 e. The molecule has 3 aliphatic rings. The lowest BCUT2D eigenvalue weighted by Crippen LogP contribution is -2.41. The number of hydrazine groups is 1. The Balaban J connectivity index is 1.36. The molecule has 2 aliphatic heterocycles. The van der Waals surface area contributed by atoms with E-state index in [1.54, 1.807) is 0 Å². The van der Waals surface area contributed by atoms with Gasteiger partial charge in [0.15, 0.2) is 0 Å². The van der Waals surface area contributed by atoms with Gasteiger partial charge in [0.1, 0.15) is 5.75 Å².